The first kappa shape index (κ1) is 14.1. The number of aromatic nitrogens is 1. The molecule has 0 fully saturated rings. The van der Waals surface area contributed by atoms with Crippen molar-refractivity contribution in [2.24, 2.45) is 0 Å². The number of nitrogens with zero attached hydrogens (tertiary/aromatic N) is 1. The molecule has 0 saturated heterocycles. The number of hydrogen-bond acceptors (Lipinski definition) is 3. The third kappa shape index (κ3) is 4.39. The zero-order valence-corrected chi connectivity index (χ0v) is 11.5. The third-order valence-electron chi connectivity index (χ3n) is 3.01. The summed E-state index contributed by atoms with van der Waals surface area (Å²) in [5.41, 5.74) is 2.15. The second-order valence-electron chi connectivity index (χ2n) is 4.48. The molecule has 104 valence electrons. The molecule has 0 spiro atoms. The van der Waals surface area contributed by atoms with Crippen LogP contribution >= 0.6 is 0 Å². The summed E-state index contributed by atoms with van der Waals surface area (Å²) in [4.78, 5) is 15.7. The SMILES string of the molecule is COc1ccc(CCNC(=O)Cc2ccncc2)cc1. The van der Waals surface area contributed by atoms with Gasteiger partial charge in [-0.3, -0.25) is 9.78 Å². The Morgan fingerprint density at radius 2 is 1.80 bits per heavy atom. The second kappa shape index (κ2) is 7.28. The topological polar surface area (TPSA) is 51.2 Å². The van der Waals surface area contributed by atoms with E-state index in [0.29, 0.717) is 13.0 Å². The second-order valence-corrected chi connectivity index (χ2v) is 4.48. The van der Waals surface area contributed by atoms with Crippen molar-refractivity contribution in [2.45, 2.75) is 12.8 Å². The van der Waals surface area contributed by atoms with E-state index in [1.165, 1.54) is 5.56 Å². The fraction of sp³-hybridized carbons (Fsp3) is 0.250. The maximum absolute atomic E-state index is 11.8. The van der Waals surface area contributed by atoms with Crippen LogP contribution in [0.25, 0.3) is 0 Å². The van der Waals surface area contributed by atoms with Gasteiger partial charge in [0.15, 0.2) is 0 Å². The van der Waals surface area contributed by atoms with E-state index in [1.807, 2.05) is 36.4 Å². The van der Waals surface area contributed by atoms with Gasteiger partial charge in [0.1, 0.15) is 5.75 Å². The standard InChI is InChI=1S/C16H18N2O2/c1-20-15-4-2-13(3-5-15)8-11-18-16(19)12-14-6-9-17-10-7-14/h2-7,9-10H,8,11-12H2,1H3,(H,18,19). The van der Waals surface area contributed by atoms with Gasteiger partial charge < -0.3 is 10.1 Å². The summed E-state index contributed by atoms with van der Waals surface area (Å²) in [5, 5.41) is 2.92. The van der Waals surface area contributed by atoms with E-state index < -0.39 is 0 Å². The summed E-state index contributed by atoms with van der Waals surface area (Å²) in [7, 11) is 1.65. The monoisotopic (exact) mass is 270 g/mol. The molecule has 0 bridgehead atoms. The molecule has 20 heavy (non-hydrogen) atoms. The molecule has 0 unspecified atom stereocenters. The van der Waals surface area contributed by atoms with Gasteiger partial charge in [-0.2, -0.15) is 0 Å². The highest BCUT2D eigenvalue weighted by atomic mass is 16.5. The van der Waals surface area contributed by atoms with Gasteiger partial charge in [0.05, 0.1) is 13.5 Å². The van der Waals surface area contributed by atoms with Gasteiger partial charge in [0.2, 0.25) is 5.91 Å². The number of benzene rings is 1. The number of carbonyl (C=O) groups excluding carboxylic acids is 1. The Morgan fingerprint density at radius 3 is 2.45 bits per heavy atom. The molecule has 0 saturated carbocycles. The number of methoxy groups -OCH3 is 1. The molecule has 0 atom stereocenters. The fourth-order valence-corrected chi connectivity index (χ4v) is 1.89. The quantitative estimate of drug-likeness (QED) is 0.873. The lowest BCUT2D eigenvalue weighted by atomic mass is 10.1. The molecule has 1 heterocycles. The Labute approximate surface area is 118 Å². The van der Waals surface area contributed by atoms with Crippen LogP contribution < -0.4 is 10.1 Å². The number of carbonyl (C=O) groups is 1. The Bertz CT molecular complexity index is 538. The van der Waals surface area contributed by atoms with Crippen molar-refractivity contribution in [1.29, 1.82) is 0 Å². The normalized spacial score (nSPS) is 10.1. The predicted octanol–water partition coefficient (Wildman–Crippen LogP) is 1.99. The lowest BCUT2D eigenvalue weighted by Gasteiger charge is -2.06. The van der Waals surface area contributed by atoms with Crippen LogP contribution in [-0.2, 0) is 17.6 Å². The van der Waals surface area contributed by atoms with Crippen LogP contribution in [0.5, 0.6) is 5.75 Å². The van der Waals surface area contributed by atoms with E-state index in [9.17, 15) is 4.79 Å². The first-order valence-electron chi connectivity index (χ1n) is 6.56. The first-order chi connectivity index (χ1) is 9.78. The van der Waals surface area contributed by atoms with Gasteiger partial charge in [-0.1, -0.05) is 12.1 Å². The maximum Gasteiger partial charge on any atom is 0.224 e. The Kier molecular flexibility index (Phi) is 5.12. The van der Waals surface area contributed by atoms with Gasteiger partial charge in [-0.05, 0) is 41.8 Å². The van der Waals surface area contributed by atoms with Crippen molar-refractivity contribution in [1.82, 2.24) is 10.3 Å². The van der Waals surface area contributed by atoms with Crippen molar-refractivity contribution in [3.05, 3.63) is 59.9 Å². The zero-order valence-electron chi connectivity index (χ0n) is 11.5. The Morgan fingerprint density at radius 1 is 1.10 bits per heavy atom. The first-order valence-corrected chi connectivity index (χ1v) is 6.56. The molecule has 1 aromatic carbocycles. The number of pyridine rings is 1. The smallest absolute Gasteiger partial charge is 0.224 e. The molecule has 0 radical (unpaired) electrons. The molecule has 2 rings (SSSR count). The molecule has 1 amide bonds. The molecule has 0 aliphatic heterocycles. The van der Waals surface area contributed by atoms with Crippen molar-refractivity contribution < 1.29 is 9.53 Å². The van der Waals surface area contributed by atoms with E-state index >= 15 is 0 Å². The number of amides is 1. The van der Waals surface area contributed by atoms with Crippen molar-refractivity contribution in [2.75, 3.05) is 13.7 Å². The zero-order chi connectivity index (χ0) is 14.2. The number of nitrogens with one attached hydrogen (secondary N) is 1. The molecule has 2 aromatic rings. The minimum atomic E-state index is 0.0321. The molecule has 1 aromatic heterocycles. The highest BCUT2D eigenvalue weighted by Gasteiger charge is 2.02. The highest BCUT2D eigenvalue weighted by molar-refractivity contribution is 5.78. The summed E-state index contributed by atoms with van der Waals surface area (Å²) in [6.07, 6.45) is 4.59. The van der Waals surface area contributed by atoms with Crippen molar-refractivity contribution >= 4 is 5.91 Å². The van der Waals surface area contributed by atoms with Crippen LogP contribution in [0.3, 0.4) is 0 Å². The highest BCUT2D eigenvalue weighted by Crippen LogP contribution is 2.11. The number of hydrogen-bond donors (Lipinski definition) is 1. The molecular weight excluding hydrogens is 252 g/mol. The number of rotatable bonds is 6. The molecule has 1 N–H and O–H groups in total. The van der Waals surface area contributed by atoms with Crippen molar-refractivity contribution in [3.63, 3.8) is 0 Å². The van der Waals surface area contributed by atoms with Crippen LogP contribution in [0.1, 0.15) is 11.1 Å². The molecule has 4 heteroatoms. The summed E-state index contributed by atoms with van der Waals surface area (Å²) >= 11 is 0. The Hall–Kier alpha value is -2.36. The third-order valence-corrected chi connectivity index (χ3v) is 3.01. The average Bonchev–Trinajstić information content (AvgIpc) is 2.49. The van der Waals surface area contributed by atoms with E-state index in [2.05, 4.69) is 10.3 Å². The minimum Gasteiger partial charge on any atom is -0.497 e. The van der Waals surface area contributed by atoms with Gasteiger partial charge in [0, 0.05) is 18.9 Å². The largest absolute Gasteiger partial charge is 0.497 e. The lowest BCUT2D eigenvalue weighted by Crippen LogP contribution is -2.27. The van der Waals surface area contributed by atoms with Crippen molar-refractivity contribution in [3.8, 4) is 5.75 Å². The van der Waals surface area contributed by atoms with E-state index in [0.717, 1.165) is 17.7 Å². The van der Waals surface area contributed by atoms with Crippen LogP contribution in [0.4, 0.5) is 0 Å². The summed E-state index contributed by atoms with van der Waals surface area (Å²) in [6.45, 7) is 0.635. The molecular formula is C16H18N2O2. The van der Waals surface area contributed by atoms with Gasteiger partial charge in [-0.25, -0.2) is 0 Å². The van der Waals surface area contributed by atoms with Gasteiger partial charge in [0.25, 0.3) is 0 Å². The molecule has 0 aliphatic rings. The summed E-state index contributed by atoms with van der Waals surface area (Å²) in [5.74, 6) is 0.875. The van der Waals surface area contributed by atoms with E-state index in [1.54, 1.807) is 19.5 Å². The fourth-order valence-electron chi connectivity index (χ4n) is 1.89. The van der Waals surface area contributed by atoms with E-state index in [-0.39, 0.29) is 5.91 Å². The molecule has 4 nitrogen and oxygen atoms in total. The minimum absolute atomic E-state index is 0.0321. The van der Waals surface area contributed by atoms with Crippen LogP contribution in [-0.4, -0.2) is 24.5 Å². The van der Waals surface area contributed by atoms with E-state index in [4.69, 9.17) is 4.74 Å². The Balaban J connectivity index is 1.73. The lowest BCUT2D eigenvalue weighted by molar-refractivity contribution is -0.120. The molecule has 0 aliphatic carbocycles. The average molecular weight is 270 g/mol. The maximum atomic E-state index is 11.8. The van der Waals surface area contributed by atoms with Crippen LogP contribution in [0.15, 0.2) is 48.8 Å². The van der Waals surface area contributed by atoms with Gasteiger partial charge >= 0.3 is 0 Å². The van der Waals surface area contributed by atoms with Gasteiger partial charge in [-0.15, -0.1) is 0 Å². The summed E-state index contributed by atoms with van der Waals surface area (Å²) in [6, 6.07) is 11.6. The van der Waals surface area contributed by atoms with Crippen LogP contribution in [0, 0.1) is 0 Å². The summed E-state index contributed by atoms with van der Waals surface area (Å²) < 4.78 is 5.10. The van der Waals surface area contributed by atoms with Crippen LogP contribution in [0.2, 0.25) is 0 Å². The number of ether oxygens (including phenoxy) is 1. The predicted molar refractivity (Wildman–Crippen MR) is 77.6 cm³/mol.